The van der Waals surface area contributed by atoms with Crippen LogP contribution in [-0.4, -0.2) is 6.26 Å². The SMILES string of the molecule is CSc1ccc(I)c(C)c1-c1ccccc1C. The molecule has 0 atom stereocenters. The first-order chi connectivity index (χ1) is 8.15. The Labute approximate surface area is 121 Å². The molecule has 0 saturated carbocycles. The first-order valence-electron chi connectivity index (χ1n) is 5.54. The number of thioether (sulfide) groups is 1. The van der Waals surface area contributed by atoms with E-state index in [1.807, 2.05) is 11.8 Å². The van der Waals surface area contributed by atoms with Gasteiger partial charge in [-0.05, 0) is 77.1 Å². The lowest BCUT2D eigenvalue weighted by Gasteiger charge is -2.15. The second-order valence-corrected chi connectivity index (χ2v) is 6.07. The van der Waals surface area contributed by atoms with Gasteiger partial charge in [0.2, 0.25) is 0 Å². The summed E-state index contributed by atoms with van der Waals surface area (Å²) in [5, 5.41) is 0. The van der Waals surface area contributed by atoms with E-state index < -0.39 is 0 Å². The number of halogens is 1. The third-order valence-corrected chi connectivity index (χ3v) is 4.94. The van der Waals surface area contributed by atoms with Gasteiger partial charge in [-0.1, -0.05) is 24.3 Å². The molecule has 2 aromatic carbocycles. The number of aryl methyl sites for hydroxylation is 1. The average Bonchev–Trinajstić information content (AvgIpc) is 2.34. The van der Waals surface area contributed by atoms with Gasteiger partial charge >= 0.3 is 0 Å². The van der Waals surface area contributed by atoms with E-state index in [0.717, 1.165) is 0 Å². The van der Waals surface area contributed by atoms with E-state index in [9.17, 15) is 0 Å². The molecule has 0 aliphatic rings. The lowest BCUT2D eigenvalue weighted by atomic mass is 9.97. The van der Waals surface area contributed by atoms with Crippen molar-refractivity contribution in [3.63, 3.8) is 0 Å². The minimum absolute atomic E-state index is 1.33. The van der Waals surface area contributed by atoms with Crippen LogP contribution in [0, 0.1) is 17.4 Å². The zero-order chi connectivity index (χ0) is 12.4. The summed E-state index contributed by atoms with van der Waals surface area (Å²) in [6, 6.07) is 13.0. The molecule has 0 saturated heterocycles. The smallest absolute Gasteiger partial charge is 0.0166 e. The molecule has 0 fully saturated rings. The van der Waals surface area contributed by atoms with E-state index in [1.54, 1.807) is 0 Å². The first-order valence-corrected chi connectivity index (χ1v) is 7.84. The Morgan fingerprint density at radius 1 is 1.00 bits per heavy atom. The molecule has 0 heterocycles. The quantitative estimate of drug-likeness (QED) is 0.521. The summed E-state index contributed by atoms with van der Waals surface area (Å²) in [6.45, 7) is 4.39. The normalized spacial score (nSPS) is 10.6. The summed E-state index contributed by atoms with van der Waals surface area (Å²) in [4.78, 5) is 1.36. The van der Waals surface area contributed by atoms with Gasteiger partial charge in [-0.2, -0.15) is 0 Å². The van der Waals surface area contributed by atoms with Crippen molar-refractivity contribution in [2.24, 2.45) is 0 Å². The molecule has 88 valence electrons. The molecule has 17 heavy (non-hydrogen) atoms. The number of benzene rings is 2. The summed E-state index contributed by atoms with van der Waals surface area (Å²) >= 11 is 4.23. The highest BCUT2D eigenvalue weighted by molar-refractivity contribution is 14.1. The van der Waals surface area contributed by atoms with Crippen molar-refractivity contribution >= 4 is 34.4 Å². The third-order valence-electron chi connectivity index (χ3n) is 2.99. The van der Waals surface area contributed by atoms with Gasteiger partial charge < -0.3 is 0 Å². The second-order valence-electron chi connectivity index (χ2n) is 4.06. The average molecular weight is 354 g/mol. The van der Waals surface area contributed by atoms with E-state index in [2.05, 4.69) is 79.1 Å². The molecule has 0 aromatic heterocycles. The van der Waals surface area contributed by atoms with Gasteiger partial charge in [-0.15, -0.1) is 11.8 Å². The Kier molecular flexibility index (Phi) is 4.15. The Morgan fingerprint density at radius 3 is 2.35 bits per heavy atom. The van der Waals surface area contributed by atoms with Gasteiger partial charge in [0.15, 0.2) is 0 Å². The summed E-state index contributed by atoms with van der Waals surface area (Å²) in [7, 11) is 0. The largest absolute Gasteiger partial charge is 0.129 e. The Balaban J connectivity index is 2.74. The van der Waals surface area contributed by atoms with Crippen LogP contribution in [-0.2, 0) is 0 Å². The number of rotatable bonds is 2. The highest BCUT2D eigenvalue weighted by Gasteiger charge is 2.11. The van der Waals surface area contributed by atoms with Crippen molar-refractivity contribution in [1.82, 2.24) is 0 Å². The van der Waals surface area contributed by atoms with Crippen LogP contribution in [0.1, 0.15) is 11.1 Å². The maximum atomic E-state index is 2.41. The van der Waals surface area contributed by atoms with Crippen LogP contribution in [0.15, 0.2) is 41.3 Å². The predicted octanol–water partition coefficient (Wildman–Crippen LogP) is 5.30. The zero-order valence-corrected chi connectivity index (χ0v) is 13.2. The summed E-state index contributed by atoms with van der Waals surface area (Å²) in [5.74, 6) is 0. The molecule has 0 bridgehead atoms. The fourth-order valence-electron chi connectivity index (χ4n) is 2.02. The number of hydrogen-bond donors (Lipinski definition) is 0. The van der Waals surface area contributed by atoms with Gasteiger partial charge in [-0.3, -0.25) is 0 Å². The highest BCUT2D eigenvalue weighted by atomic mass is 127. The van der Waals surface area contributed by atoms with Crippen molar-refractivity contribution in [2.45, 2.75) is 18.7 Å². The van der Waals surface area contributed by atoms with Crippen molar-refractivity contribution in [3.8, 4) is 11.1 Å². The number of hydrogen-bond acceptors (Lipinski definition) is 1. The molecule has 0 aliphatic heterocycles. The maximum Gasteiger partial charge on any atom is 0.0166 e. The molecule has 0 nitrogen and oxygen atoms in total. The maximum absolute atomic E-state index is 2.41. The lowest BCUT2D eigenvalue weighted by molar-refractivity contribution is 1.31. The molecule has 2 heteroatoms. The van der Waals surface area contributed by atoms with Crippen LogP contribution in [0.2, 0.25) is 0 Å². The minimum Gasteiger partial charge on any atom is -0.129 e. The molecular weight excluding hydrogens is 339 g/mol. The van der Waals surface area contributed by atoms with Crippen LogP contribution in [0.25, 0.3) is 11.1 Å². The summed E-state index contributed by atoms with van der Waals surface area (Å²) in [6.07, 6.45) is 2.14. The molecule has 0 radical (unpaired) electrons. The van der Waals surface area contributed by atoms with Gasteiger partial charge in [0.05, 0.1) is 0 Å². The Morgan fingerprint density at radius 2 is 1.71 bits per heavy atom. The van der Waals surface area contributed by atoms with Gasteiger partial charge in [-0.25, -0.2) is 0 Å². The van der Waals surface area contributed by atoms with Gasteiger partial charge in [0.25, 0.3) is 0 Å². The van der Waals surface area contributed by atoms with Crippen LogP contribution >= 0.6 is 34.4 Å². The summed E-state index contributed by atoms with van der Waals surface area (Å²) in [5.41, 5.74) is 5.47. The fourth-order valence-corrected chi connectivity index (χ4v) is 3.14. The van der Waals surface area contributed by atoms with Gasteiger partial charge in [0.1, 0.15) is 0 Å². The predicted molar refractivity (Wildman–Crippen MR) is 85.9 cm³/mol. The van der Waals surface area contributed by atoms with E-state index in [1.165, 1.54) is 30.7 Å². The molecule has 0 unspecified atom stereocenters. The molecule has 0 spiro atoms. The van der Waals surface area contributed by atoms with Crippen LogP contribution < -0.4 is 0 Å². The fraction of sp³-hybridized carbons (Fsp3) is 0.200. The third kappa shape index (κ3) is 2.52. The molecule has 0 aliphatic carbocycles. The highest BCUT2D eigenvalue weighted by Crippen LogP contribution is 2.36. The zero-order valence-electron chi connectivity index (χ0n) is 10.3. The topological polar surface area (TPSA) is 0 Å². The Bertz CT molecular complexity index is 547. The van der Waals surface area contributed by atoms with Crippen LogP contribution in [0.4, 0.5) is 0 Å². The minimum atomic E-state index is 1.33. The van der Waals surface area contributed by atoms with E-state index in [4.69, 9.17) is 0 Å². The molecular formula is C15H15IS. The van der Waals surface area contributed by atoms with E-state index in [0.29, 0.717) is 0 Å². The molecule has 0 N–H and O–H groups in total. The Hall–Kier alpha value is -0.480. The standard InChI is InChI=1S/C15H15IS/c1-10-6-4-5-7-12(10)15-11(2)13(16)8-9-14(15)17-3/h4-9H,1-3H3. The van der Waals surface area contributed by atoms with E-state index in [-0.39, 0.29) is 0 Å². The van der Waals surface area contributed by atoms with Crippen molar-refractivity contribution in [2.75, 3.05) is 6.26 Å². The van der Waals surface area contributed by atoms with Gasteiger partial charge in [0, 0.05) is 8.47 Å². The second kappa shape index (κ2) is 5.44. The molecule has 0 amide bonds. The monoisotopic (exact) mass is 354 g/mol. The van der Waals surface area contributed by atoms with Crippen LogP contribution in [0.5, 0.6) is 0 Å². The molecule has 2 aromatic rings. The van der Waals surface area contributed by atoms with Crippen LogP contribution in [0.3, 0.4) is 0 Å². The first kappa shape index (κ1) is 13.0. The van der Waals surface area contributed by atoms with Crippen molar-refractivity contribution < 1.29 is 0 Å². The van der Waals surface area contributed by atoms with E-state index >= 15 is 0 Å². The molecule has 2 rings (SSSR count). The lowest BCUT2D eigenvalue weighted by Crippen LogP contribution is -1.92. The van der Waals surface area contributed by atoms with Crippen molar-refractivity contribution in [3.05, 3.63) is 51.1 Å². The van der Waals surface area contributed by atoms with Crippen molar-refractivity contribution in [1.29, 1.82) is 0 Å². The summed E-state index contributed by atoms with van der Waals surface area (Å²) < 4.78 is 1.33.